The van der Waals surface area contributed by atoms with Crippen LogP contribution < -0.4 is 0 Å². The maximum atomic E-state index is 11.6. The Labute approximate surface area is 81.3 Å². The van der Waals surface area contributed by atoms with Gasteiger partial charge in [0.15, 0.2) is 0 Å². The molecule has 0 N–H and O–H groups in total. The monoisotopic (exact) mass is 183 g/mol. The minimum atomic E-state index is 0.373. The molecule has 0 saturated carbocycles. The van der Waals surface area contributed by atoms with Crippen molar-refractivity contribution in [2.45, 2.75) is 46.0 Å². The summed E-state index contributed by atoms with van der Waals surface area (Å²) in [7, 11) is 0. The Morgan fingerprint density at radius 3 is 2.77 bits per heavy atom. The minimum Gasteiger partial charge on any atom is -0.342 e. The van der Waals surface area contributed by atoms with E-state index in [0.717, 1.165) is 31.8 Å². The normalized spacial score (nSPS) is 22.3. The van der Waals surface area contributed by atoms with Crippen LogP contribution in [0.3, 0.4) is 0 Å². The summed E-state index contributed by atoms with van der Waals surface area (Å²) in [4.78, 5) is 13.6. The molecule has 1 saturated heterocycles. The Bertz CT molecular complexity index is 167. The first-order valence-electron chi connectivity index (χ1n) is 5.51. The number of likely N-dealkylation sites (tertiary alicyclic amines) is 1. The third-order valence-electron chi connectivity index (χ3n) is 2.77. The molecule has 1 atom stereocenters. The van der Waals surface area contributed by atoms with Gasteiger partial charge in [0.25, 0.3) is 0 Å². The van der Waals surface area contributed by atoms with E-state index in [1.807, 2.05) is 4.90 Å². The zero-order valence-electron chi connectivity index (χ0n) is 8.88. The van der Waals surface area contributed by atoms with Crippen LogP contribution in [-0.4, -0.2) is 23.9 Å². The number of hydrogen-bond acceptors (Lipinski definition) is 1. The van der Waals surface area contributed by atoms with E-state index in [1.165, 1.54) is 19.3 Å². The van der Waals surface area contributed by atoms with Gasteiger partial charge in [0.05, 0.1) is 0 Å². The molecule has 0 aromatic rings. The van der Waals surface area contributed by atoms with Crippen LogP contribution in [0.25, 0.3) is 0 Å². The maximum Gasteiger partial charge on any atom is 0.222 e. The smallest absolute Gasteiger partial charge is 0.222 e. The third kappa shape index (κ3) is 3.37. The summed E-state index contributed by atoms with van der Waals surface area (Å²) in [5, 5.41) is 0. The van der Waals surface area contributed by atoms with Gasteiger partial charge >= 0.3 is 0 Å². The molecule has 0 aromatic carbocycles. The van der Waals surface area contributed by atoms with Crippen molar-refractivity contribution in [1.29, 1.82) is 0 Å². The molecule has 0 aromatic heterocycles. The van der Waals surface area contributed by atoms with Gasteiger partial charge in [-0.05, 0) is 18.8 Å². The topological polar surface area (TPSA) is 20.3 Å². The second-order valence-corrected chi connectivity index (χ2v) is 4.19. The molecule has 1 aliphatic rings. The Hall–Kier alpha value is -0.530. The Morgan fingerprint density at radius 1 is 1.46 bits per heavy atom. The summed E-state index contributed by atoms with van der Waals surface area (Å²) >= 11 is 0. The lowest BCUT2D eigenvalue weighted by molar-refractivity contribution is -0.130. The number of carbonyl (C=O) groups is 1. The Morgan fingerprint density at radius 2 is 2.23 bits per heavy atom. The van der Waals surface area contributed by atoms with E-state index in [2.05, 4.69) is 13.8 Å². The predicted octanol–water partition coefficient (Wildman–Crippen LogP) is 2.44. The van der Waals surface area contributed by atoms with Crippen molar-refractivity contribution < 1.29 is 4.79 Å². The van der Waals surface area contributed by atoms with E-state index in [0.29, 0.717) is 5.91 Å². The quantitative estimate of drug-likeness (QED) is 0.613. The molecule has 0 aliphatic carbocycles. The molecule has 1 heterocycles. The lowest BCUT2D eigenvalue weighted by atomic mass is 10.2. The molecule has 0 spiro atoms. The summed E-state index contributed by atoms with van der Waals surface area (Å²) in [5.74, 6) is 1.09. The van der Waals surface area contributed by atoms with Crippen molar-refractivity contribution in [2.24, 2.45) is 5.92 Å². The average molecular weight is 183 g/mol. The van der Waals surface area contributed by atoms with Crippen LogP contribution >= 0.6 is 0 Å². The molecule has 1 unspecified atom stereocenters. The van der Waals surface area contributed by atoms with Gasteiger partial charge in [0.2, 0.25) is 5.91 Å². The van der Waals surface area contributed by atoms with Crippen LogP contribution in [0.4, 0.5) is 0 Å². The third-order valence-corrected chi connectivity index (χ3v) is 2.77. The van der Waals surface area contributed by atoms with E-state index in [9.17, 15) is 4.79 Å². The van der Waals surface area contributed by atoms with Crippen LogP contribution in [0.15, 0.2) is 0 Å². The van der Waals surface area contributed by atoms with Crippen molar-refractivity contribution in [3.63, 3.8) is 0 Å². The summed E-state index contributed by atoms with van der Waals surface area (Å²) in [5.41, 5.74) is 0. The van der Waals surface area contributed by atoms with Crippen LogP contribution in [0.2, 0.25) is 0 Å². The van der Waals surface area contributed by atoms with Gasteiger partial charge in [-0.25, -0.2) is 0 Å². The average Bonchev–Trinajstić information content (AvgIpc) is 2.52. The molecule has 13 heavy (non-hydrogen) atoms. The second-order valence-electron chi connectivity index (χ2n) is 4.19. The molecule has 0 bridgehead atoms. The molecule has 2 nitrogen and oxygen atoms in total. The fourth-order valence-corrected chi connectivity index (χ4v) is 1.85. The zero-order valence-corrected chi connectivity index (χ0v) is 8.88. The van der Waals surface area contributed by atoms with E-state index in [4.69, 9.17) is 0 Å². The number of hydrogen-bond donors (Lipinski definition) is 0. The van der Waals surface area contributed by atoms with Crippen molar-refractivity contribution in [2.75, 3.05) is 13.1 Å². The summed E-state index contributed by atoms with van der Waals surface area (Å²) in [6, 6.07) is 0. The number of unbranched alkanes of at least 4 members (excludes halogenated alkanes) is 2. The van der Waals surface area contributed by atoms with Crippen LogP contribution in [-0.2, 0) is 4.79 Å². The Kier molecular flexibility index (Phi) is 4.26. The van der Waals surface area contributed by atoms with Crippen LogP contribution in [0, 0.1) is 5.92 Å². The second kappa shape index (κ2) is 5.25. The fourth-order valence-electron chi connectivity index (χ4n) is 1.85. The molecular formula is C11H21NO. The molecule has 76 valence electrons. The highest BCUT2D eigenvalue weighted by atomic mass is 16.2. The number of amides is 1. The predicted molar refractivity (Wildman–Crippen MR) is 54.5 cm³/mol. The lowest BCUT2D eigenvalue weighted by Crippen LogP contribution is -2.28. The minimum absolute atomic E-state index is 0.373. The highest BCUT2D eigenvalue weighted by Crippen LogP contribution is 2.16. The number of rotatable bonds is 4. The van der Waals surface area contributed by atoms with E-state index < -0.39 is 0 Å². The first-order chi connectivity index (χ1) is 6.24. The van der Waals surface area contributed by atoms with Gasteiger partial charge in [0, 0.05) is 19.5 Å². The first-order valence-corrected chi connectivity index (χ1v) is 5.51. The van der Waals surface area contributed by atoms with E-state index in [-0.39, 0.29) is 0 Å². The summed E-state index contributed by atoms with van der Waals surface area (Å²) in [6.07, 6.45) is 5.42. The largest absolute Gasteiger partial charge is 0.342 e. The van der Waals surface area contributed by atoms with Crippen LogP contribution in [0.1, 0.15) is 46.0 Å². The zero-order chi connectivity index (χ0) is 9.68. The Balaban J connectivity index is 2.16. The van der Waals surface area contributed by atoms with E-state index >= 15 is 0 Å². The summed E-state index contributed by atoms with van der Waals surface area (Å²) < 4.78 is 0. The standard InChI is InChI=1S/C11H21NO/c1-3-4-5-6-11(13)12-8-7-10(2)9-12/h10H,3-9H2,1-2H3. The van der Waals surface area contributed by atoms with Gasteiger partial charge in [0.1, 0.15) is 0 Å². The fraction of sp³-hybridized carbons (Fsp3) is 0.909. The first kappa shape index (κ1) is 10.6. The van der Waals surface area contributed by atoms with E-state index in [1.54, 1.807) is 0 Å². The highest BCUT2D eigenvalue weighted by Gasteiger charge is 2.22. The molecule has 1 amide bonds. The van der Waals surface area contributed by atoms with Crippen molar-refractivity contribution >= 4 is 5.91 Å². The van der Waals surface area contributed by atoms with Gasteiger partial charge in [-0.2, -0.15) is 0 Å². The van der Waals surface area contributed by atoms with Crippen LogP contribution in [0.5, 0.6) is 0 Å². The molecule has 2 heteroatoms. The molecule has 1 aliphatic heterocycles. The molecule has 0 radical (unpaired) electrons. The highest BCUT2D eigenvalue weighted by molar-refractivity contribution is 5.76. The van der Waals surface area contributed by atoms with Crippen molar-refractivity contribution in [1.82, 2.24) is 4.90 Å². The SMILES string of the molecule is CCCCCC(=O)N1CCC(C)C1. The number of nitrogens with zero attached hydrogens (tertiary/aromatic N) is 1. The van der Waals surface area contributed by atoms with Gasteiger partial charge in [-0.15, -0.1) is 0 Å². The van der Waals surface area contributed by atoms with Gasteiger partial charge in [-0.3, -0.25) is 4.79 Å². The molecular weight excluding hydrogens is 162 g/mol. The molecule has 1 rings (SSSR count). The summed E-state index contributed by atoms with van der Waals surface area (Å²) in [6.45, 7) is 6.37. The lowest BCUT2D eigenvalue weighted by Gasteiger charge is -2.15. The van der Waals surface area contributed by atoms with Gasteiger partial charge in [-0.1, -0.05) is 26.7 Å². The van der Waals surface area contributed by atoms with Gasteiger partial charge < -0.3 is 4.90 Å². The van der Waals surface area contributed by atoms with Crippen molar-refractivity contribution in [3.05, 3.63) is 0 Å². The number of carbonyl (C=O) groups excluding carboxylic acids is 1. The maximum absolute atomic E-state index is 11.6. The van der Waals surface area contributed by atoms with Crippen molar-refractivity contribution in [3.8, 4) is 0 Å². The molecule has 1 fully saturated rings.